The molecular weight excluding hydrogens is 475 g/mol. The van der Waals surface area contributed by atoms with Gasteiger partial charge in [0.15, 0.2) is 11.5 Å². The molecule has 162 valence electrons. The SMILES string of the molecule is COc1ccc2c(c1OC)C(=O)O[C@@H]2N1C(=O)CC[C@@H]1C(=O)Nc1ccc(Br)cc1F. The van der Waals surface area contributed by atoms with Crippen molar-refractivity contribution in [1.82, 2.24) is 4.90 Å². The molecule has 2 heterocycles. The van der Waals surface area contributed by atoms with Gasteiger partial charge in [-0.3, -0.25) is 14.5 Å². The van der Waals surface area contributed by atoms with E-state index in [4.69, 9.17) is 14.2 Å². The second-order valence-electron chi connectivity index (χ2n) is 6.99. The van der Waals surface area contributed by atoms with Crippen LogP contribution in [0.25, 0.3) is 0 Å². The van der Waals surface area contributed by atoms with Gasteiger partial charge in [0, 0.05) is 16.5 Å². The molecule has 0 aliphatic carbocycles. The standard InChI is InChI=1S/C21H18BrFN2O6/c1-29-15-7-4-11-17(18(15)30-2)21(28)31-20(11)25-14(6-8-16(25)26)19(27)24-13-5-3-10(22)9-12(13)23/h3-5,7,9,14,20H,6,8H2,1-2H3,(H,24,27)/t14-,20+/m1/s1. The van der Waals surface area contributed by atoms with Crippen LogP contribution in [-0.2, 0) is 14.3 Å². The maximum Gasteiger partial charge on any atom is 0.344 e. The van der Waals surface area contributed by atoms with Gasteiger partial charge in [-0.05, 0) is 36.8 Å². The van der Waals surface area contributed by atoms with Crippen molar-refractivity contribution in [2.75, 3.05) is 19.5 Å². The summed E-state index contributed by atoms with van der Waals surface area (Å²) in [5.74, 6) is -1.70. The molecule has 2 aromatic carbocycles. The zero-order chi connectivity index (χ0) is 22.3. The van der Waals surface area contributed by atoms with Crippen LogP contribution in [0, 0.1) is 5.82 Å². The molecule has 31 heavy (non-hydrogen) atoms. The fourth-order valence-electron chi connectivity index (χ4n) is 3.85. The molecule has 8 nitrogen and oxygen atoms in total. The molecule has 2 aliphatic rings. The monoisotopic (exact) mass is 492 g/mol. The zero-order valence-electron chi connectivity index (χ0n) is 16.6. The van der Waals surface area contributed by atoms with Gasteiger partial charge in [0.05, 0.1) is 19.9 Å². The van der Waals surface area contributed by atoms with E-state index in [9.17, 15) is 18.8 Å². The molecule has 0 bridgehead atoms. The largest absolute Gasteiger partial charge is 0.493 e. The third-order valence-electron chi connectivity index (χ3n) is 5.27. The first-order valence-electron chi connectivity index (χ1n) is 9.38. The van der Waals surface area contributed by atoms with Gasteiger partial charge >= 0.3 is 5.97 Å². The Labute approximate surface area is 185 Å². The number of carbonyl (C=O) groups excluding carboxylic acids is 3. The number of likely N-dealkylation sites (tertiary alicyclic amines) is 1. The highest BCUT2D eigenvalue weighted by Gasteiger charge is 2.47. The maximum absolute atomic E-state index is 14.2. The van der Waals surface area contributed by atoms with E-state index in [1.807, 2.05) is 0 Å². The van der Waals surface area contributed by atoms with E-state index in [0.717, 1.165) is 0 Å². The first kappa shape index (κ1) is 21.1. The number of fused-ring (bicyclic) bond motifs is 1. The Morgan fingerprint density at radius 1 is 1.23 bits per heavy atom. The van der Waals surface area contributed by atoms with Crippen LogP contribution >= 0.6 is 15.9 Å². The molecule has 0 saturated carbocycles. The van der Waals surface area contributed by atoms with Crippen molar-refractivity contribution < 1.29 is 33.0 Å². The molecule has 0 aromatic heterocycles. The molecule has 4 rings (SSSR count). The zero-order valence-corrected chi connectivity index (χ0v) is 18.2. The first-order chi connectivity index (χ1) is 14.8. The molecule has 0 radical (unpaired) electrons. The highest BCUT2D eigenvalue weighted by molar-refractivity contribution is 9.10. The third-order valence-corrected chi connectivity index (χ3v) is 5.76. The summed E-state index contributed by atoms with van der Waals surface area (Å²) in [5.41, 5.74) is 0.526. The quantitative estimate of drug-likeness (QED) is 0.642. The smallest absolute Gasteiger partial charge is 0.344 e. The number of esters is 1. The Morgan fingerprint density at radius 2 is 2.00 bits per heavy atom. The predicted octanol–water partition coefficient (Wildman–Crippen LogP) is 3.40. The average Bonchev–Trinajstić information content (AvgIpc) is 3.29. The Hall–Kier alpha value is -3.14. The molecule has 1 fully saturated rings. The molecular formula is C21H18BrFN2O6. The van der Waals surface area contributed by atoms with Crippen molar-refractivity contribution >= 4 is 39.4 Å². The fourth-order valence-corrected chi connectivity index (χ4v) is 4.18. The number of carbonyl (C=O) groups is 3. The van der Waals surface area contributed by atoms with Crippen LogP contribution in [0.5, 0.6) is 11.5 Å². The Balaban J connectivity index is 1.65. The molecule has 2 aliphatic heterocycles. The summed E-state index contributed by atoms with van der Waals surface area (Å²) in [6, 6.07) is 6.49. The molecule has 10 heteroatoms. The van der Waals surface area contributed by atoms with Crippen molar-refractivity contribution in [3.63, 3.8) is 0 Å². The summed E-state index contributed by atoms with van der Waals surface area (Å²) in [6.07, 6.45) is -0.792. The van der Waals surface area contributed by atoms with Crippen molar-refractivity contribution in [2.45, 2.75) is 25.1 Å². The predicted molar refractivity (Wildman–Crippen MR) is 110 cm³/mol. The number of hydrogen-bond donors (Lipinski definition) is 1. The van der Waals surface area contributed by atoms with E-state index in [-0.39, 0.29) is 35.7 Å². The van der Waals surface area contributed by atoms with Crippen LogP contribution in [0.2, 0.25) is 0 Å². The first-order valence-corrected chi connectivity index (χ1v) is 10.2. The van der Waals surface area contributed by atoms with E-state index in [1.54, 1.807) is 18.2 Å². The summed E-state index contributed by atoms with van der Waals surface area (Å²) in [4.78, 5) is 39.4. The lowest BCUT2D eigenvalue weighted by molar-refractivity contribution is -0.144. The molecule has 0 spiro atoms. The Bertz CT molecular complexity index is 1090. The number of ether oxygens (including phenoxy) is 3. The lowest BCUT2D eigenvalue weighted by Gasteiger charge is -2.29. The van der Waals surface area contributed by atoms with Crippen molar-refractivity contribution in [2.24, 2.45) is 0 Å². The van der Waals surface area contributed by atoms with Crippen LogP contribution in [-0.4, -0.2) is 42.9 Å². The van der Waals surface area contributed by atoms with Crippen molar-refractivity contribution in [3.8, 4) is 11.5 Å². The summed E-state index contributed by atoms with van der Waals surface area (Å²) in [5, 5.41) is 2.52. The fraction of sp³-hybridized carbons (Fsp3) is 0.286. The normalized spacial score (nSPS) is 19.8. The van der Waals surface area contributed by atoms with Crippen LogP contribution in [0.3, 0.4) is 0 Å². The van der Waals surface area contributed by atoms with Gasteiger partial charge in [-0.1, -0.05) is 15.9 Å². The van der Waals surface area contributed by atoms with E-state index >= 15 is 0 Å². The number of nitrogens with zero attached hydrogens (tertiary/aromatic N) is 1. The minimum atomic E-state index is -1.09. The van der Waals surface area contributed by atoms with E-state index in [0.29, 0.717) is 15.8 Å². The van der Waals surface area contributed by atoms with Crippen LogP contribution in [0.1, 0.15) is 35.0 Å². The van der Waals surface area contributed by atoms with Gasteiger partial charge in [-0.25, -0.2) is 9.18 Å². The molecule has 1 N–H and O–H groups in total. The number of cyclic esters (lactones) is 1. The second kappa shape index (κ2) is 8.18. The lowest BCUT2D eigenvalue weighted by atomic mass is 10.1. The highest BCUT2D eigenvalue weighted by atomic mass is 79.9. The summed E-state index contributed by atoms with van der Waals surface area (Å²) < 4.78 is 30.7. The van der Waals surface area contributed by atoms with Gasteiger partial charge < -0.3 is 19.5 Å². The maximum atomic E-state index is 14.2. The average molecular weight is 493 g/mol. The van der Waals surface area contributed by atoms with Crippen molar-refractivity contribution in [3.05, 3.63) is 51.7 Å². The summed E-state index contributed by atoms with van der Waals surface area (Å²) in [7, 11) is 2.83. The number of rotatable bonds is 5. The van der Waals surface area contributed by atoms with E-state index in [1.165, 1.54) is 31.3 Å². The molecule has 0 unspecified atom stereocenters. The van der Waals surface area contributed by atoms with Gasteiger partial charge in [0.25, 0.3) is 0 Å². The number of nitrogens with one attached hydrogen (secondary N) is 1. The number of halogens is 2. The minimum absolute atomic E-state index is 0.0114. The number of benzene rings is 2. The van der Waals surface area contributed by atoms with Gasteiger partial charge in [-0.15, -0.1) is 0 Å². The molecule has 2 amide bonds. The van der Waals surface area contributed by atoms with Gasteiger partial charge in [0.2, 0.25) is 18.0 Å². The van der Waals surface area contributed by atoms with Crippen LogP contribution in [0.15, 0.2) is 34.8 Å². The molecule has 1 saturated heterocycles. The Morgan fingerprint density at radius 3 is 2.68 bits per heavy atom. The number of hydrogen-bond acceptors (Lipinski definition) is 6. The minimum Gasteiger partial charge on any atom is -0.493 e. The summed E-state index contributed by atoms with van der Waals surface area (Å²) >= 11 is 3.16. The van der Waals surface area contributed by atoms with E-state index in [2.05, 4.69) is 21.2 Å². The highest BCUT2D eigenvalue weighted by Crippen LogP contribution is 2.45. The number of amides is 2. The van der Waals surface area contributed by atoms with Crippen LogP contribution < -0.4 is 14.8 Å². The lowest BCUT2D eigenvalue weighted by Crippen LogP contribution is -2.44. The number of anilines is 1. The number of methoxy groups -OCH3 is 2. The van der Waals surface area contributed by atoms with Gasteiger partial charge in [0.1, 0.15) is 17.4 Å². The van der Waals surface area contributed by atoms with Crippen molar-refractivity contribution in [1.29, 1.82) is 0 Å². The van der Waals surface area contributed by atoms with E-state index < -0.39 is 30.0 Å². The summed E-state index contributed by atoms with van der Waals surface area (Å²) in [6.45, 7) is 0. The molecule has 2 aromatic rings. The van der Waals surface area contributed by atoms with Gasteiger partial charge in [-0.2, -0.15) is 0 Å². The van der Waals surface area contributed by atoms with Crippen LogP contribution in [0.4, 0.5) is 10.1 Å². The third kappa shape index (κ3) is 3.60. The topological polar surface area (TPSA) is 94.2 Å². The Kier molecular flexibility index (Phi) is 5.57. The second-order valence-corrected chi connectivity index (χ2v) is 7.91. The molecule has 2 atom stereocenters.